The van der Waals surface area contributed by atoms with Gasteiger partial charge in [-0.1, -0.05) is 24.3 Å². The molecule has 0 aliphatic carbocycles. The number of hydrogen-bond donors (Lipinski definition) is 0. The first-order valence-corrected chi connectivity index (χ1v) is 6.22. The molecule has 0 aromatic heterocycles. The fraction of sp³-hybridized carbons (Fsp3) is 0.231. The lowest BCUT2D eigenvalue weighted by Gasteiger charge is -2.03. The van der Waals surface area contributed by atoms with Crippen molar-refractivity contribution in [3.8, 4) is 0 Å². The van der Waals surface area contributed by atoms with E-state index in [1.807, 2.05) is 30.3 Å². The fourth-order valence-electron chi connectivity index (χ4n) is 1.21. The molecule has 0 radical (unpaired) electrons. The van der Waals surface area contributed by atoms with Gasteiger partial charge in [-0.05, 0) is 12.1 Å². The second-order valence-electron chi connectivity index (χ2n) is 3.23. The monoisotopic (exact) mass is 266 g/mol. The minimum absolute atomic E-state index is 0.0802. The lowest BCUT2D eigenvalue weighted by Crippen LogP contribution is -2.16. The summed E-state index contributed by atoms with van der Waals surface area (Å²) in [5.74, 6) is -0.880. The molecule has 0 heterocycles. The zero-order valence-corrected chi connectivity index (χ0v) is 11.0. The number of carbonyl (C=O) groups is 2. The van der Waals surface area contributed by atoms with Crippen molar-refractivity contribution >= 4 is 23.7 Å². The molecule has 4 nitrogen and oxygen atoms in total. The summed E-state index contributed by atoms with van der Waals surface area (Å²) in [6, 6.07) is 9.68. The van der Waals surface area contributed by atoms with Crippen LogP contribution in [0.3, 0.4) is 0 Å². The molecule has 18 heavy (non-hydrogen) atoms. The molecule has 0 fully saturated rings. The lowest BCUT2D eigenvalue weighted by molar-refractivity contribution is -0.144. The van der Waals surface area contributed by atoms with Crippen molar-refractivity contribution < 1.29 is 19.1 Å². The predicted octanol–water partition coefficient (Wildman–Crippen LogP) is 2.05. The number of thioether (sulfide) groups is 1. The summed E-state index contributed by atoms with van der Waals surface area (Å²) < 4.78 is 9.04. The summed E-state index contributed by atoms with van der Waals surface area (Å²) in [5.41, 5.74) is -0.0802. The first kappa shape index (κ1) is 14.3. The van der Waals surface area contributed by atoms with E-state index in [1.54, 1.807) is 0 Å². The predicted molar refractivity (Wildman–Crippen MR) is 69.3 cm³/mol. The van der Waals surface area contributed by atoms with Crippen LogP contribution >= 0.6 is 11.8 Å². The Balaban J connectivity index is 2.66. The second kappa shape index (κ2) is 7.55. The summed E-state index contributed by atoms with van der Waals surface area (Å²) in [4.78, 5) is 23.8. The average molecular weight is 266 g/mol. The van der Waals surface area contributed by atoms with Gasteiger partial charge in [0.15, 0.2) is 0 Å². The van der Waals surface area contributed by atoms with Crippen LogP contribution < -0.4 is 0 Å². The van der Waals surface area contributed by atoms with Crippen LogP contribution in [0.25, 0.3) is 0 Å². The summed E-state index contributed by atoms with van der Waals surface area (Å²) in [5, 5.41) is 0. The van der Waals surface area contributed by atoms with Crippen LogP contribution in [0.4, 0.5) is 0 Å². The SMILES string of the molecule is COC(=O)C(=CCSc1ccccc1)C(=O)OC. The largest absolute Gasteiger partial charge is 0.465 e. The van der Waals surface area contributed by atoms with Crippen LogP contribution in [0.2, 0.25) is 0 Å². The Morgan fingerprint density at radius 3 is 2.17 bits per heavy atom. The molecule has 0 saturated carbocycles. The lowest BCUT2D eigenvalue weighted by atomic mass is 10.2. The van der Waals surface area contributed by atoms with Crippen LogP contribution in [0.5, 0.6) is 0 Å². The molecule has 0 bridgehead atoms. The van der Waals surface area contributed by atoms with Crippen molar-refractivity contribution in [3.05, 3.63) is 42.0 Å². The molecule has 96 valence electrons. The highest BCUT2D eigenvalue weighted by atomic mass is 32.2. The Kier molecular flexibility index (Phi) is 6.00. The number of ether oxygens (including phenoxy) is 2. The number of hydrogen-bond acceptors (Lipinski definition) is 5. The smallest absolute Gasteiger partial charge is 0.344 e. The van der Waals surface area contributed by atoms with Gasteiger partial charge in [-0.2, -0.15) is 0 Å². The molecule has 0 saturated heterocycles. The Bertz CT molecular complexity index is 422. The third-order valence-electron chi connectivity index (χ3n) is 2.09. The Hall–Kier alpha value is -1.75. The van der Waals surface area contributed by atoms with Gasteiger partial charge in [0, 0.05) is 10.6 Å². The minimum atomic E-state index is -0.685. The highest BCUT2D eigenvalue weighted by Crippen LogP contribution is 2.17. The Morgan fingerprint density at radius 2 is 1.67 bits per heavy atom. The van der Waals surface area contributed by atoms with Gasteiger partial charge in [-0.3, -0.25) is 0 Å². The number of methoxy groups -OCH3 is 2. The van der Waals surface area contributed by atoms with Crippen molar-refractivity contribution in [3.63, 3.8) is 0 Å². The van der Waals surface area contributed by atoms with Crippen LogP contribution in [0.1, 0.15) is 0 Å². The van der Waals surface area contributed by atoms with E-state index in [2.05, 4.69) is 9.47 Å². The van der Waals surface area contributed by atoms with E-state index in [-0.39, 0.29) is 5.57 Å². The van der Waals surface area contributed by atoms with Gasteiger partial charge in [0.2, 0.25) is 0 Å². The van der Waals surface area contributed by atoms with Crippen molar-refractivity contribution in [1.82, 2.24) is 0 Å². The Labute approximate surface area is 110 Å². The van der Waals surface area contributed by atoms with E-state index in [9.17, 15) is 9.59 Å². The van der Waals surface area contributed by atoms with Crippen LogP contribution in [0, 0.1) is 0 Å². The molecule has 0 spiro atoms. The molecule has 0 unspecified atom stereocenters. The molecule has 1 aromatic carbocycles. The van der Waals surface area contributed by atoms with Crippen molar-refractivity contribution in [2.75, 3.05) is 20.0 Å². The van der Waals surface area contributed by atoms with Gasteiger partial charge in [0.05, 0.1) is 14.2 Å². The van der Waals surface area contributed by atoms with Crippen molar-refractivity contribution in [1.29, 1.82) is 0 Å². The maximum atomic E-state index is 11.4. The van der Waals surface area contributed by atoms with E-state index in [0.29, 0.717) is 5.75 Å². The first-order chi connectivity index (χ1) is 8.69. The molecule has 1 rings (SSSR count). The van der Waals surface area contributed by atoms with Gasteiger partial charge in [0.25, 0.3) is 0 Å². The van der Waals surface area contributed by atoms with Crippen molar-refractivity contribution in [2.24, 2.45) is 0 Å². The molecule has 0 N–H and O–H groups in total. The quantitative estimate of drug-likeness (QED) is 0.268. The topological polar surface area (TPSA) is 52.6 Å². The van der Waals surface area contributed by atoms with Gasteiger partial charge >= 0.3 is 11.9 Å². The van der Waals surface area contributed by atoms with Gasteiger partial charge < -0.3 is 9.47 Å². The van der Waals surface area contributed by atoms with E-state index >= 15 is 0 Å². The van der Waals surface area contributed by atoms with Crippen molar-refractivity contribution in [2.45, 2.75) is 4.90 Å². The normalized spacial score (nSPS) is 9.44. The zero-order valence-electron chi connectivity index (χ0n) is 10.2. The molecular weight excluding hydrogens is 252 g/mol. The average Bonchev–Trinajstić information content (AvgIpc) is 2.43. The zero-order chi connectivity index (χ0) is 13.4. The molecule has 0 aliphatic heterocycles. The molecule has 5 heteroatoms. The van der Waals surface area contributed by atoms with E-state index < -0.39 is 11.9 Å². The summed E-state index contributed by atoms with van der Waals surface area (Å²) in [7, 11) is 2.45. The summed E-state index contributed by atoms with van der Waals surface area (Å²) in [6.45, 7) is 0. The molecule has 0 aliphatic rings. The third-order valence-corrected chi connectivity index (χ3v) is 3.03. The van der Waals surface area contributed by atoms with Crippen LogP contribution in [-0.4, -0.2) is 31.9 Å². The number of rotatable bonds is 5. The summed E-state index contributed by atoms with van der Waals surface area (Å²) in [6.07, 6.45) is 1.51. The number of esters is 2. The summed E-state index contributed by atoms with van der Waals surface area (Å²) >= 11 is 1.51. The van der Waals surface area contributed by atoms with E-state index in [0.717, 1.165) is 4.90 Å². The molecule has 0 amide bonds. The highest BCUT2D eigenvalue weighted by Gasteiger charge is 2.18. The van der Waals surface area contributed by atoms with Crippen LogP contribution in [-0.2, 0) is 19.1 Å². The first-order valence-electron chi connectivity index (χ1n) is 5.23. The standard InChI is InChI=1S/C13H14O4S/c1-16-12(14)11(13(15)17-2)8-9-18-10-6-4-3-5-7-10/h3-8H,9H2,1-2H3. The van der Waals surface area contributed by atoms with Crippen LogP contribution in [0.15, 0.2) is 46.9 Å². The van der Waals surface area contributed by atoms with E-state index in [1.165, 1.54) is 32.1 Å². The number of carbonyl (C=O) groups excluding carboxylic acids is 2. The number of benzene rings is 1. The van der Waals surface area contributed by atoms with Gasteiger partial charge in [-0.25, -0.2) is 9.59 Å². The third kappa shape index (κ3) is 4.25. The maximum absolute atomic E-state index is 11.4. The van der Waals surface area contributed by atoms with Gasteiger partial charge in [0.1, 0.15) is 5.57 Å². The highest BCUT2D eigenvalue weighted by molar-refractivity contribution is 7.99. The Morgan fingerprint density at radius 1 is 1.11 bits per heavy atom. The fourth-order valence-corrected chi connectivity index (χ4v) is 2.00. The van der Waals surface area contributed by atoms with E-state index in [4.69, 9.17) is 0 Å². The molecular formula is C13H14O4S. The maximum Gasteiger partial charge on any atom is 0.344 e. The molecule has 1 aromatic rings. The second-order valence-corrected chi connectivity index (χ2v) is 4.32. The molecule has 0 atom stereocenters. The van der Waals surface area contributed by atoms with Gasteiger partial charge in [-0.15, -0.1) is 11.8 Å². The minimum Gasteiger partial charge on any atom is -0.465 e.